The summed E-state index contributed by atoms with van der Waals surface area (Å²) in [5.74, 6) is 0.318. The van der Waals surface area contributed by atoms with Gasteiger partial charge in [0.2, 0.25) is 0 Å². The van der Waals surface area contributed by atoms with Crippen LogP contribution in [0.15, 0.2) is 48.5 Å². The van der Waals surface area contributed by atoms with Crippen LogP contribution in [0.3, 0.4) is 0 Å². The van der Waals surface area contributed by atoms with Gasteiger partial charge < -0.3 is 0 Å². The maximum absolute atomic E-state index is 13.1. The highest BCUT2D eigenvalue weighted by molar-refractivity contribution is 5.94. The Labute approximate surface area is 119 Å². The van der Waals surface area contributed by atoms with E-state index in [1.807, 2.05) is 30.3 Å². The summed E-state index contributed by atoms with van der Waals surface area (Å²) in [7, 11) is 0. The van der Waals surface area contributed by atoms with Crippen LogP contribution in [-0.2, 0) is 6.18 Å². The number of halogens is 3. The average molecular weight is 288 g/mol. The van der Waals surface area contributed by atoms with Crippen molar-refractivity contribution in [2.45, 2.75) is 13.1 Å². The average Bonchev–Trinajstić information content (AvgIpc) is 2.45. The van der Waals surface area contributed by atoms with Crippen LogP contribution in [0, 0.1) is 6.92 Å². The summed E-state index contributed by atoms with van der Waals surface area (Å²) in [5.41, 5.74) is 0.496. The molecular formula is C16H11F3N2. The zero-order valence-corrected chi connectivity index (χ0v) is 11.1. The normalized spacial score (nSPS) is 11.8. The summed E-state index contributed by atoms with van der Waals surface area (Å²) in [6, 6.07) is 13.2. The first kappa shape index (κ1) is 13.5. The third-order valence-electron chi connectivity index (χ3n) is 3.19. The van der Waals surface area contributed by atoms with Gasteiger partial charge in [0.15, 0.2) is 0 Å². The molecule has 3 rings (SSSR count). The molecule has 0 fully saturated rings. The first-order valence-corrected chi connectivity index (χ1v) is 6.37. The fourth-order valence-electron chi connectivity index (χ4n) is 2.31. The molecule has 0 aliphatic rings. The molecule has 0 atom stereocenters. The molecule has 0 bridgehead atoms. The standard InChI is InChI=1S/C16H11F3N2/c1-10-20-14(11-6-3-2-4-7-11)12-8-5-9-13(15(12)21-10)16(17,18)19/h2-9H,1H3. The van der Waals surface area contributed by atoms with Crippen LogP contribution < -0.4 is 0 Å². The quantitative estimate of drug-likeness (QED) is 0.652. The Hall–Kier alpha value is -2.43. The van der Waals surface area contributed by atoms with E-state index in [2.05, 4.69) is 9.97 Å². The van der Waals surface area contributed by atoms with Crippen molar-refractivity contribution in [3.8, 4) is 11.3 Å². The van der Waals surface area contributed by atoms with Crippen LogP contribution in [0.2, 0.25) is 0 Å². The van der Waals surface area contributed by atoms with Crippen LogP contribution in [-0.4, -0.2) is 9.97 Å². The number of hydrogen-bond donors (Lipinski definition) is 0. The van der Waals surface area contributed by atoms with E-state index in [1.54, 1.807) is 13.0 Å². The van der Waals surface area contributed by atoms with Gasteiger partial charge in [0.05, 0.1) is 16.8 Å². The molecular weight excluding hydrogens is 277 g/mol. The molecule has 0 aliphatic heterocycles. The first-order chi connectivity index (χ1) is 9.97. The van der Waals surface area contributed by atoms with Gasteiger partial charge in [-0.15, -0.1) is 0 Å². The molecule has 0 saturated heterocycles. The van der Waals surface area contributed by atoms with Crippen molar-refractivity contribution < 1.29 is 13.2 Å². The second-order valence-electron chi connectivity index (χ2n) is 4.68. The second kappa shape index (κ2) is 4.84. The van der Waals surface area contributed by atoms with Crippen LogP contribution in [0.5, 0.6) is 0 Å². The van der Waals surface area contributed by atoms with E-state index in [0.717, 1.165) is 11.6 Å². The van der Waals surface area contributed by atoms with Gasteiger partial charge in [0.1, 0.15) is 5.82 Å². The Balaban J connectivity index is 2.38. The van der Waals surface area contributed by atoms with Gasteiger partial charge in [-0.1, -0.05) is 42.5 Å². The molecule has 0 unspecified atom stereocenters. The number of alkyl halides is 3. The summed E-state index contributed by atoms with van der Waals surface area (Å²) < 4.78 is 39.4. The number of aryl methyl sites for hydroxylation is 1. The summed E-state index contributed by atoms with van der Waals surface area (Å²) in [5, 5.41) is 0.404. The Morgan fingerprint density at radius 1 is 0.857 bits per heavy atom. The summed E-state index contributed by atoms with van der Waals surface area (Å²) in [4.78, 5) is 8.31. The fraction of sp³-hybridized carbons (Fsp3) is 0.125. The van der Waals surface area contributed by atoms with Crippen molar-refractivity contribution in [3.63, 3.8) is 0 Å². The van der Waals surface area contributed by atoms with Crippen molar-refractivity contribution in [1.29, 1.82) is 0 Å². The van der Waals surface area contributed by atoms with E-state index >= 15 is 0 Å². The lowest BCUT2D eigenvalue weighted by Crippen LogP contribution is -2.08. The number of para-hydroxylation sites is 1. The first-order valence-electron chi connectivity index (χ1n) is 6.37. The van der Waals surface area contributed by atoms with E-state index in [4.69, 9.17) is 0 Å². The molecule has 3 aromatic rings. The third kappa shape index (κ3) is 2.46. The maximum atomic E-state index is 13.1. The van der Waals surface area contributed by atoms with E-state index in [9.17, 15) is 13.2 Å². The maximum Gasteiger partial charge on any atom is 0.418 e. The minimum Gasteiger partial charge on any atom is -0.233 e. The molecule has 5 heteroatoms. The smallest absolute Gasteiger partial charge is 0.233 e. The van der Waals surface area contributed by atoms with E-state index < -0.39 is 11.7 Å². The van der Waals surface area contributed by atoms with E-state index in [-0.39, 0.29) is 5.52 Å². The van der Waals surface area contributed by atoms with Crippen molar-refractivity contribution >= 4 is 10.9 Å². The molecule has 0 spiro atoms. The number of hydrogen-bond acceptors (Lipinski definition) is 2. The van der Waals surface area contributed by atoms with Crippen molar-refractivity contribution in [2.75, 3.05) is 0 Å². The zero-order valence-electron chi connectivity index (χ0n) is 11.1. The summed E-state index contributed by atoms with van der Waals surface area (Å²) >= 11 is 0. The van der Waals surface area contributed by atoms with E-state index in [0.29, 0.717) is 16.9 Å². The Morgan fingerprint density at radius 3 is 2.24 bits per heavy atom. The van der Waals surface area contributed by atoms with Gasteiger partial charge in [-0.25, -0.2) is 9.97 Å². The van der Waals surface area contributed by atoms with Crippen LogP contribution >= 0.6 is 0 Å². The number of fused-ring (bicyclic) bond motifs is 1. The molecule has 0 N–H and O–H groups in total. The third-order valence-corrected chi connectivity index (χ3v) is 3.19. The molecule has 0 radical (unpaired) electrons. The van der Waals surface area contributed by atoms with Gasteiger partial charge in [0, 0.05) is 10.9 Å². The number of rotatable bonds is 1. The van der Waals surface area contributed by atoms with Gasteiger partial charge >= 0.3 is 6.18 Å². The lowest BCUT2D eigenvalue weighted by atomic mass is 10.0. The minimum absolute atomic E-state index is 0.0589. The molecule has 21 heavy (non-hydrogen) atoms. The molecule has 0 saturated carbocycles. The largest absolute Gasteiger partial charge is 0.418 e. The number of aromatic nitrogens is 2. The van der Waals surface area contributed by atoms with Crippen LogP contribution in [0.4, 0.5) is 13.2 Å². The molecule has 106 valence electrons. The summed E-state index contributed by atoms with van der Waals surface area (Å²) in [6.45, 7) is 1.60. The highest BCUT2D eigenvalue weighted by Gasteiger charge is 2.33. The Kier molecular flexibility index (Phi) is 3.12. The second-order valence-corrected chi connectivity index (χ2v) is 4.68. The Morgan fingerprint density at radius 2 is 1.57 bits per heavy atom. The van der Waals surface area contributed by atoms with Gasteiger partial charge in [-0.3, -0.25) is 0 Å². The van der Waals surface area contributed by atoms with Crippen LogP contribution in [0.1, 0.15) is 11.4 Å². The van der Waals surface area contributed by atoms with Crippen LogP contribution in [0.25, 0.3) is 22.2 Å². The lowest BCUT2D eigenvalue weighted by molar-refractivity contribution is -0.136. The molecule has 0 amide bonds. The van der Waals surface area contributed by atoms with Gasteiger partial charge in [0.25, 0.3) is 0 Å². The Bertz CT molecular complexity index is 796. The molecule has 1 aromatic heterocycles. The van der Waals surface area contributed by atoms with E-state index in [1.165, 1.54) is 6.07 Å². The highest BCUT2D eigenvalue weighted by atomic mass is 19.4. The SMILES string of the molecule is Cc1nc(-c2ccccc2)c2cccc(C(F)(F)F)c2n1. The van der Waals surface area contributed by atoms with Gasteiger partial charge in [-0.2, -0.15) is 13.2 Å². The number of nitrogens with zero attached hydrogens (tertiary/aromatic N) is 2. The van der Waals surface area contributed by atoms with Crippen molar-refractivity contribution in [1.82, 2.24) is 9.97 Å². The molecule has 2 aromatic carbocycles. The monoisotopic (exact) mass is 288 g/mol. The lowest BCUT2D eigenvalue weighted by Gasteiger charge is -2.12. The highest BCUT2D eigenvalue weighted by Crippen LogP contribution is 2.36. The fourth-order valence-corrected chi connectivity index (χ4v) is 2.31. The molecule has 1 heterocycles. The zero-order chi connectivity index (χ0) is 15.0. The topological polar surface area (TPSA) is 25.8 Å². The van der Waals surface area contributed by atoms with Crippen molar-refractivity contribution in [2.24, 2.45) is 0 Å². The summed E-state index contributed by atoms with van der Waals surface area (Å²) in [6.07, 6.45) is -4.44. The number of benzene rings is 2. The predicted molar refractivity (Wildman–Crippen MR) is 74.7 cm³/mol. The van der Waals surface area contributed by atoms with Crippen molar-refractivity contribution in [3.05, 3.63) is 59.9 Å². The molecule has 2 nitrogen and oxygen atoms in total. The predicted octanol–water partition coefficient (Wildman–Crippen LogP) is 4.62. The van der Waals surface area contributed by atoms with Gasteiger partial charge in [-0.05, 0) is 13.0 Å². The minimum atomic E-state index is -4.44. The molecule has 0 aliphatic carbocycles.